The quantitative estimate of drug-likeness (QED) is 0.567. The third-order valence-electron chi connectivity index (χ3n) is 2.09. The fourth-order valence-electron chi connectivity index (χ4n) is 1.33. The van der Waals surface area contributed by atoms with E-state index in [1.165, 1.54) is 0 Å². The van der Waals surface area contributed by atoms with Crippen LogP contribution in [-0.4, -0.2) is 18.1 Å². The number of rotatable bonds is 0. The standard InChI is InChI=1S/C9H11NO.C2H6/c1-7-3-4-10-5-6-11-9(10)8(7)2;1-2/h3-4H,1,5-6H2,2H3;1-2H3. The summed E-state index contributed by atoms with van der Waals surface area (Å²) >= 11 is 0. The van der Waals surface area contributed by atoms with Crippen LogP contribution >= 0.6 is 0 Å². The molecule has 1 saturated heterocycles. The van der Waals surface area contributed by atoms with Gasteiger partial charge >= 0.3 is 0 Å². The SMILES string of the molecule is C=C1C=CN2CCOC2=C1C.CC. The van der Waals surface area contributed by atoms with E-state index in [0.29, 0.717) is 0 Å². The lowest BCUT2D eigenvalue weighted by molar-refractivity contribution is 0.244. The van der Waals surface area contributed by atoms with E-state index < -0.39 is 0 Å². The molecule has 2 aliphatic rings. The highest BCUT2D eigenvalue weighted by Gasteiger charge is 2.22. The normalized spacial score (nSPS) is 19.3. The maximum absolute atomic E-state index is 5.43. The van der Waals surface area contributed by atoms with Crippen molar-refractivity contribution in [3.05, 3.63) is 35.9 Å². The molecule has 2 nitrogen and oxygen atoms in total. The summed E-state index contributed by atoms with van der Waals surface area (Å²) in [4.78, 5) is 2.12. The molecule has 0 N–H and O–H groups in total. The van der Waals surface area contributed by atoms with Gasteiger partial charge in [0.05, 0.1) is 6.54 Å². The van der Waals surface area contributed by atoms with Crippen molar-refractivity contribution in [1.82, 2.24) is 4.90 Å². The third kappa shape index (κ3) is 1.77. The molecule has 0 aromatic rings. The molecule has 0 atom stereocenters. The summed E-state index contributed by atoms with van der Waals surface area (Å²) in [5.74, 6) is 0.984. The molecule has 72 valence electrons. The van der Waals surface area contributed by atoms with Gasteiger partial charge in [-0.15, -0.1) is 0 Å². The first kappa shape index (κ1) is 9.90. The Morgan fingerprint density at radius 1 is 1.46 bits per heavy atom. The van der Waals surface area contributed by atoms with Crippen LogP contribution < -0.4 is 0 Å². The highest BCUT2D eigenvalue weighted by Crippen LogP contribution is 2.27. The van der Waals surface area contributed by atoms with Crippen LogP contribution in [0.1, 0.15) is 20.8 Å². The Hall–Kier alpha value is -1.18. The van der Waals surface area contributed by atoms with Crippen LogP contribution in [0.3, 0.4) is 0 Å². The van der Waals surface area contributed by atoms with Gasteiger partial charge in [0.1, 0.15) is 6.61 Å². The van der Waals surface area contributed by atoms with Crippen LogP contribution in [0, 0.1) is 0 Å². The smallest absolute Gasteiger partial charge is 0.197 e. The van der Waals surface area contributed by atoms with Crippen LogP contribution in [-0.2, 0) is 4.74 Å². The molecular weight excluding hydrogens is 162 g/mol. The van der Waals surface area contributed by atoms with E-state index in [4.69, 9.17) is 4.74 Å². The Bertz CT molecular complexity index is 263. The van der Waals surface area contributed by atoms with Crippen molar-refractivity contribution in [3.63, 3.8) is 0 Å². The largest absolute Gasteiger partial charge is 0.477 e. The molecule has 0 spiro atoms. The zero-order valence-electron chi connectivity index (χ0n) is 8.63. The van der Waals surface area contributed by atoms with Crippen molar-refractivity contribution in [2.45, 2.75) is 20.8 Å². The van der Waals surface area contributed by atoms with Gasteiger partial charge in [0.2, 0.25) is 0 Å². The molecule has 13 heavy (non-hydrogen) atoms. The Kier molecular flexibility index (Phi) is 3.18. The number of nitrogens with zero attached hydrogens (tertiary/aromatic N) is 1. The highest BCUT2D eigenvalue weighted by atomic mass is 16.5. The van der Waals surface area contributed by atoms with E-state index in [1.54, 1.807) is 0 Å². The molecule has 2 heterocycles. The molecule has 0 amide bonds. The van der Waals surface area contributed by atoms with Crippen molar-refractivity contribution in [2.75, 3.05) is 13.2 Å². The van der Waals surface area contributed by atoms with E-state index in [0.717, 1.165) is 30.2 Å². The first-order valence-electron chi connectivity index (χ1n) is 4.77. The minimum absolute atomic E-state index is 0.796. The van der Waals surface area contributed by atoms with Gasteiger partial charge < -0.3 is 9.64 Å². The molecular formula is C11H17NO. The van der Waals surface area contributed by atoms with Gasteiger partial charge in [-0.05, 0) is 18.6 Å². The van der Waals surface area contributed by atoms with E-state index in [9.17, 15) is 0 Å². The lowest BCUT2D eigenvalue weighted by Gasteiger charge is -2.19. The van der Waals surface area contributed by atoms with E-state index >= 15 is 0 Å². The average molecular weight is 179 g/mol. The summed E-state index contributed by atoms with van der Waals surface area (Å²) in [5, 5.41) is 0. The Morgan fingerprint density at radius 2 is 2.15 bits per heavy atom. The second-order valence-electron chi connectivity index (χ2n) is 2.81. The van der Waals surface area contributed by atoms with E-state index in [-0.39, 0.29) is 0 Å². The molecule has 0 saturated carbocycles. The lowest BCUT2D eigenvalue weighted by atomic mass is 10.1. The van der Waals surface area contributed by atoms with E-state index in [2.05, 4.69) is 11.5 Å². The summed E-state index contributed by atoms with van der Waals surface area (Å²) in [6.45, 7) is 11.7. The van der Waals surface area contributed by atoms with Crippen LogP contribution in [0.4, 0.5) is 0 Å². The number of hydrogen-bond donors (Lipinski definition) is 0. The maximum atomic E-state index is 5.43. The van der Waals surface area contributed by atoms with Crippen molar-refractivity contribution in [3.8, 4) is 0 Å². The second-order valence-corrected chi connectivity index (χ2v) is 2.81. The van der Waals surface area contributed by atoms with Crippen molar-refractivity contribution >= 4 is 0 Å². The topological polar surface area (TPSA) is 12.5 Å². The highest BCUT2D eigenvalue weighted by molar-refractivity contribution is 5.41. The molecule has 0 bridgehead atoms. The molecule has 0 radical (unpaired) electrons. The number of allylic oxidation sites excluding steroid dienone is 3. The number of fused-ring (bicyclic) bond motifs is 1. The molecule has 0 unspecified atom stereocenters. The maximum Gasteiger partial charge on any atom is 0.197 e. The van der Waals surface area contributed by atoms with Crippen LogP contribution in [0.5, 0.6) is 0 Å². The van der Waals surface area contributed by atoms with Crippen molar-refractivity contribution in [1.29, 1.82) is 0 Å². The second kappa shape index (κ2) is 4.17. The zero-order chi connectivity index (χ0) is 9.84. The van der Waals surface area contributed by atoms with Crippen LogP contribution in [0.25, 0.3) is 0 Å². The van der Waals surface area contributed by atoms with Gasteiger partial charge in [0.15, 0.2) is 5.88 Å². The minimum Gasteiger partial charge on any atom is -0.477 e. The van der Waals surface area contributed by atoms with Gasteiger partial charge in [-0.1, -0.05) is 20.4 Å². The number of ether oxygens (including phenoxy) is 1. The summed E-state index contributed by atoms with van der Waals surface area (Å²) in [5.41, 5.74) is 2.21. The Labute approximate surface area is 80.2 Å². The molecule has 0 aromatic carbocycles. The molecule has 0 aliphatic carbocycles. The van der Waals surface area contributed by atoms with Gasteiger partial charge in [0, 0.05) is 11.8 Å². The molecule has 2 heteroatoms. The Morgan fingerprint density at radius 3 is 2.85 bits per heavy atom. The van der Waals surface area contributed by atoms with Gasteiger partial charge in [-0.2, -0.15) is 0 Å². The predicted molar refractivity (Wildman–Crippen MR) is 55.0 cm³/mol. The summed E-state index contributed by atoms with van der Waals surface area (Å²) in [7, 11) is 0. The van der Waals surface area contributed by atoms with Crippen LogP contribution in [0.15, 0.2) is 35.9 Å². The van der Waals surface area contributed by atoms with E-state index in [1.807, 2.05) is 33.0 Å². The first-order valence-corrected chi connectivity index (χ1v) is 4.77. The predicted octanol–water partition coefficient (Wildman–Crippen LogP) is 2.66. The summed E-state index contributed by atoms with van der Waals surface area (Å²) < 4.78 is 5.43. The summed E-state index contributed by atoms with van der Waals surface area (Å²) in [6, 6.07) is 0. The lowest BCUT2D eigenvalue weighted by Crippen LogP contribution is -2.15. The van der Waals surface area contributed by atoms with Crippen molar-refractivity contribution < 1.29 is 4.74 Å². The fourth-order valence-corrected chi connectivity index (χ4v) is 1.33. The summed E-state index contributed by atoms with van der Waals surface area (Å²) in [6.07, 6.45) is 4.05. The van der Waals surface area contributed by atoms with Crippen LogP contribution in [0.2, 0.25) is 0 Å². The Balaban J connectivity index is 0.000000396. The minimum atomic E-state index is 0.796. The zero-order valence-corrected chi connectivity index (χ0v) is 8.63. The van der Waals surface area contributed by atoms with Gasteiger partial charge in [0.25, 0.3) is 0 Å². The van der Waals surface area contributed by atoms with Gasteiger partial charge in [-0.25, -0.2) is 0 Å². The first-order chi connectivity index (χ1) is 6.29. The molecule has 1 fully saturated rings. The average Bonchev–Trinajstić information content (AvgIpc) is 2.63. The molecule has 2 aliphatic heterocycles. The van der Waals surface area contributed by atoms with Crippen molar-refractivity contribution in [2.24, 2.45) is 0 Å². The fraction of sp³-hybridized carbons (Fsp3) is 0.455. The van der Waals surface area contributed by atoms with Gasteiger partial charge in [-0.3, -0.25) is 0 Å². The third-order valence-corrected chi connectivity index (χ3v) is 2.09. The molecule has 0 aromatic heterocycles. The molecule has 2 rings (SSSR count). The monoisotopic (exact) mass is 179 g/mol. The number of hydrogen-bond acceptors (Lipinski definition) is 2.